The predicted octanol–water partition coefficient (Wildman–Crippen LogP) is 4.46. The average molecular weight is 385 g/mol. The van der Waals surface area contributed by atoms with Crippen LogP contribution in [-0.4, -0.2) is 46.5 Å². The van der Waals surface area contributed by atoms with Crippen LogP contribution < -0.4 is 0 Å². The highest BCUT2D eigenvalue weighted by molar-refractivity contribution is 5.99. The second-order valence-corrected chi connectivity index (χ2v) is 9.05. The van der Waals surface area contributed by atoms with Crippen molar-refractivity contribution in [2.45, 2.75) is 64.8 Å². The summed E-state index contributed by atoms with van der Waals surface area (Å²) < 4.78 is 0. The van der Waals surface area contributed by atoms with Crippen molar-refractivity contribution < 1.29 is 14.7 Å². The molecule has 0 radical (unpaired) electrons. The Bertz CT molecular complexity index is 746. The zero-order chi connectivity index (χ0) is 19.7. The molecule has 2 aliphatic heterocycles. The predicted molar refractivity (Wildman–Crippen MR) is 109 cm³/mol. The van der Waals surface area contributed by atoms with Crippen LogP contribution in [0.3, 0.4) is 0 Å². The molecule has 1 aliphatic carbocycles. The maximum Gasteiger partial charge on any atom is 0.407 e. The Kier molecular flexibility index (Phi) is 5.61. The molecule has 4 rings (SSSR count). The quantitative estimate of drug-likeness (QED) is 0.833. The van der Waals surface area contributed by atoms with Gasteiger partial charge in [-0.1, -0.05) is 31.4 Å². The smallest absolute Gasteiger partial charge is 0.407 e. The molecule has 2 amide bonds. The largest absolute Gasteiger partial charge is 0.465 e. The normalized spacial score (nSPS) is 21.2. The van der Waals surface area contributed by atoms with E-state index in [-0.39, 0.29) is 5.91 Å². The van der Waals surface area contributed by atoms with E-state index in [1.54, 1.807) is 0 Å². The van der Waals surface area contributed by atoms with Gasteiger partial charge in [-0.05, 0) is 67.6 Å². The highest BCUT2D eigenvalue weighted by atomic mass is 16.4. The van der Waals surface area contributed by atoms with Gasteiger partial charge in [-0.25, -0.2) is 4.79 Å². The number of benzene rings is 1. The number of carboxylic acid groups (broad SMARTS) is 1. The van der Waals surface area contributed by atoms with Crippen LogP contribution in [0.2, 0.25) is 0 Å². The van der Waals surface area contributed by atoms with Gasteiger partial charge in [-0.3, -0.25) is 4.79 Å². The molecule has 1 N–H and O–H groups in total. The summed E-state index contributed by atoms with van der Waals surface area (Å²) in [5.41, 5.74) is 4.53. The lowest BCUT2D eigenvalue weighted by molar-refractivity contribution is 0.0737. The zero-order valence-electron chi connectivity index (χ0n) is 17.0. The van der Waals surface area contributed by atoms with Gasteiger partial charge in [0.2, 0.25) is 0 Å². The molecule has 5 nitrogen and oxygen atoms in total. The molecule has 1 aromatic carbocycles. The van der Waals surface area contributed by atoms with Crippen LogP contribution in [0, 0.1) is 18.8 Å². The molecule has 1 saturated heterocycles. The molecule has 2 fully saturated rings. The number of hydrogen-bond acceptors (Lipinski definition) is 2. The van der Waals surface area contributed by atoms with Gasteiger partial charge in [0.15, 0.2) is 0 Å². The maximum absolute atomic E-state index is 13.0. The van der Waals surface area contributed by atoms with Gasteiger partial charge in [0, 0.05) is 31.7 Å². The summed E-state index contributed by atoms with van der Waals surface area (Å²) in [6.45, 7) is 5.01. The lowest BCUT2D eigenvalue weighted by atomic mass is 9.88. The van der Waals surface area contributed by atoms with Crippen molar-refractivity contribution in [3.05, 3.63) is 34.4 Å². The van der Waals surface area contributed by atoms with Crippen LogP contribution in [0.25, 0.3) is 0 Å². The van der Waals surface area contributed by atoms with E-state index in [9.17, 15) is 9.59 Å². The number of carbonyl (C=O) groups is 2. The molecule has 1 aromatic rings. The number of likely N-dealkylation sites (tertiary alicyclic amines) is 1. The van der Waals surface area contributed by atoms with Gasteiger partial charge in [-0.2, -0.15) is 0 Å². The highest BCUT2D eigenvalue weighted by Crippen LogP contribution is 2.32. The van der Waals surface area contributed by atoms with Gasteiger partial charge in [0.05, 0.1) is 0 Å². The molecular formula is C23H32N2O3. The van der Waals surface area contributed by atoms with Crippen LogP contribution in [0.1, 0.15) is 72.0 Å². The summed E-state index contributed by atoms with van der Waals surface area (Å²) in [6.07, 6.45) is 8.52. The van der Waals surface area contributed by atoms with Gasteiger partial charge < -0.3 is 14.9 Å². The molecule has 0 bridgehead atoms. The Morgan fingerprint density at radius 3 is 2.46 bits per heavy atom. The minimum atomic E-state index is -0.802. The van der Waals surface area contributed by atoms with Crippen LogP contribution in [0.4, 0.5) is 4.79 Å². The van der Waals surface area contributed by atoms with E-state index in [0.717, 1.165) is 43.5 Å². The van der Waals surface area contributed by atoms with Crippen molar-refractivity contribution >= 4 is 12.0 Å². The second-order valence-electron chi connectivity index (χ2n) is 9.05. The summed E-state index contributed by atoms with van der Waals surface area (Å²) in [6, 6.07) is 4.43. The van der Waals surface area contributed by atoms with Crippen molar-refractivity contribution in [3.63, 3.8) is 0 Å². The third kappa shape index (κ3) is 4.03. The van der Waals surface area contributed by atoms with Crippen molar-refractivity contribution in [1.82, 2.24) is 9.80 Å². The van der Waals surface area contributed by atoms with E-state index in [1.807, 2.05) is 0 Å². The summed E-state index contributed by atoms with van der Waals surface area (Å²) in [4.78, 5) is 27.6. The standard InChI is InChI=1S/C23H32N2O3/c1-16-11-19(12-17-7-9-24(10-8-17)23(27)28)13-20-15-25(22(26)21(16)20)14-18-5-3-2-4-6-18/h11,13,17-18H,2-10,12,14-15H2,1H3,(H,27,28). The molecule has 3 aliphatic rings. The topological polar surface area (TPSA) is 60.9 Å². The van der Waals surface area contributed by atoms with Crippen LogP contribution in [0.5, 0.6) is 0 Å². The Morgan fingerprint density at radius 2 is 1.79 bits per heavy atom. The molecule has 0 spiro atoms. The fraction of sp³-hybridized carbons (Fsp3) is 0.652. The Balaban J connectivity index is 1.41. The van der Waals surface area contributed by atoms with E-state index < -0.39 is 6.09 Å². The van der Waals surface area contributed by atoms with Crippen LogP contribution in [-0.2, 0) is 13.0 Å². The Morgan fingerprint density at radius 1 is 1.07 bits per heavy atom. The number of amides is 2. The summed E-state index contributed by atoms with van der Waals surface area (Å²) in [5, 5.41) is 9.11. The first-order valence-corrected chi connectivity index (χ1v) is 10.9. The minimum absolute atomic E-state index is 0.222. The van der Waals surface area contributed by atoms with Crippen molar-refractivity contribution in [1.29, 1.82) is 0 Å². The molecular weight excluding hydrogens is 352 g/mol. The molecule has 1 saturated carbocycles. The fourth-order valence-electron chi connectivity index (χ4n) is 5.42. The van der Waals surface area contributed by atoms with Crippen molar-refractivity contribution in [3.8, 4) is 0 Å². The average Bonchev–Trinajstić information content (AvgIpc) is 2.99. The monoisotopic (exact) mass is 384 g/mol. The Labute approximate surface area is 167 Å². The van der Waals surface area contributed by atoms with E-state index in [2.05, 4.69) is 24.0 Å². The molecule has 0 atom stereocenters. The highest BCUT2D eigenvalue weighted by Gasteiger charge is 2.31. The first-order valence-electron chi connectivity index (χ1n) is 10.9. The van der Waals surface area contributed by atoms with E-state index in [4.69, 9.17) is 5.11 Å². The molecule has 0 aromatic heterocycles. The zero-order valence-corrected chi connectivity index (χ0v) is 17.0. The maximum atomic E-state index is 13.0. The van der Waals surface area contributed by atoms with E-state index >= 15 is 0 Å². The Hall–Kier alpha value is -2.04. The fourth-order valence-corrected chi connectivity index (χ4v) is 5.42. The lowest BCUT2D eigenvalue weighted by Gasteiger charge is -2.30. The second kappa shape index (κ2) is 8.14. The third-order valence-corrected chi connectivity index (χ3v) is 6.95. The summed E-state index contributed by atoms with van der Waals surface area (Å²) in [7, 11) is 0. The lowest BCUT2D eigenvalue weighted by Crippen LogP contribution is -2.37. The third-order valence-electron chi connectivity index (χ3n) is 6.95. The molecule has 5 heteroatoms. The summed E-state index contributed by atoms with van der Waals surface area (Å²) >= 11 is 0. The number of piperidine rings is 1. The molecule has 0 unspecified atom stereocenters. The van der Waals surface area contributed by atoms with Crippen molar-refractivity contribution in [2.75, 3.05) is 19.6 Å². The number of fused-ring (bicyclic) bond motifs is 1. The minimum Gasteiger partial charge on any atom is -0.465 e. The van der Waals surface area contributed by atoms with Crippen LogP contribution in [0.15, 0.2) is 12.1 Å². The number of carbonyl (C=O) groups excluding carboxylic acids is 1. The van der Waals surface area contributed by atoms with Gasteiger partial charge >= 0.3 is 6.09 Å². The molecule has 152 valence electrons. The first-order chi connectivity index (χ1) is 13.5. The number of aryl methyl sites for hydroxylation is 1. The SMILES string of the molecule is Cc1cc(CC2CCN(C(=O)O)CC2)cc2c1C(=O)N(CC1CCCCC1)C2. The van der Waals surface area contributed by atoms with Gasteiger partial charge in [-0.15, -0.1) is 0 Å². The number of nitrogens with zero attached hydrogens (tertiary/aromatic N) is 2. The van der Waals surface area contributed by atoms with Crippen molar-refractivity contribution in [2.24, 2.45) is 11.8 Å². The van der Waals surface area contributed by atoms with Gasteiger partial charge in [0.25, 0.3) is 5.91 Å². The molecule has 28 heavy (non-hydrogen) atoms. The number of rotatable bonds is 4. The first kappa shape index (κ1) is 19.3. The van der Waals surface area contributed by atoms with Gasteiger partial charge in [0.1, 0.15) is 0 Å². The number of hydrogen-bond donors (Lipinski definition) is 1. The van der Waals surface area contributed by atoms with Crippen LogP contribution >= 0.6 is 0 Å². The molecule has 2 heterocycles. The van der Waals surface area contributed by atoms with E-state index in [1.165, 1.54) is 48.1 Å². The van der Waals surface area contributed by atoms with E-state index in [0.29, 0.717) is 24.9 Å². The summed E-state index contributed by atoms with van der Waals surface area (Å²) in [5.74, 6) is 1.43.